The van der Waals surface area contributed by atoms with Gasteiger partial charge in [-0.3, -0.25) is 9.69 Å². The van der Waals surface area contributed by atoms with E-state index in [0.717, 1.165) is 35.9 Å². The van der Waals surface area contributed by atoms with Crippen LogP contribution in [-0.2, 0) is 4.74 Å². The molecule has 1 N–H and O–H groups in total. The molecule has 1 amide bonds. The first-order chi connectivity index (χ1) is 13.5. The van der Waals surface area contributed by atoms with Crippen molar-refractivity contribution in [1.29, 1.82) is 0 Å². The maximum Gasteiger partial charge on any atom is 0.253 e. The molecule has 0 radical (unpaired) electrons. The lowest BCUT2D eigenvalue weighted by Crippen LogP contribution is -2.43. The highest BCUT2D eigenvalue weighted by molar-refractivity contribution is 6.30. The maximum atomic E-state index is 12.6. The van der Waals surface area contributed by atoms with E-state index in [1.54, 1.807) is 6.20 Å². The summed E-state index contributed by atoms with van der Waals surface area (Å²) in [4.78, 5) is 21.2. The molecule has 3 atom stereocenters. The van der Waals surface area contributed by atoms with Crippen LogP contribution in [0.25, 0.3) is 0 Å². The first-order valence-corrected chi connectivity index (χ1v) is 9.93. The summed E-state index contributed by atoms with van der Waals surface area (Å²) in [5.41, 5.74) is 1.73. The number of fused-ring (bicyclic) bond motifs is 1. The van der Waals surface area contributed by atoms with Crippen molar-refractivity contribution < 1.29 is 9.53 Å². The van der Waals surface area contributed by atoms with E-state index in [0.29, 0.717) is 18.2 Å². The average Bonchev–Trinajstić information content (AvgIpc) is 3.10. The van der Waals surface area contributed by atoms with Gasteiger partial charge in [-0.05, 0) is 36.2 Å². The highest BCUT2D eigenvalue weighted by atomic mass is 35.5. The Labute approximate surface area is 170 Å². The zero-order valence-corrected chi connectivity index (χ0v) is 16.9. The number of nitrogens with one attached hydrogen (secondary N) is 1. The highest BCUT2D eigenvalue weighted by Gasteiger charge is 2.38. The summed E-state index contributed by atoms with van der Waals surface area (Å²) in [7, 11) is 3.85. The van der Waals surface area contributed by atoms with Gasteiger partial charge in [0.15, 0.2) is 0 Å². The SMILES string of the molecule is CN(C)c1ccc(C(=O)N[C@@H]2C[C@H]3CO[C@@H](c4ccc(Cl)cc4)CN3C2)cn1. The molecule has 2 fully saturated rings. The molecule has 2 saturated heterocycles. The highest BCUT2D eigenvalue weighted by Crippen LogP contribution is 2.31. The van der Waals surface area contributed by atoms with Gasteiger partial charge in [0.05, 0.1) is 18.3 Å². The minimum atomic E-state index is -0.0715. The second-order valence-electron chi connectivity index (χ2n) is 7.69. The number of nitrogens with zero attached hydrogens (tertiary/aromatic N) is 3. The second-order valence-corrected chi connectivity index (χ2v) is 8.12. The molecule has 2 aliphatic heterocycles. The van der Waals surface area contributed by atoms with E-state index in [-0.39, 0.29) is 18.1 Å². The van der Waals surface area contributed by atoms with Crippen molar-refractivity contribution in [1.82, 2.24) is 15.2 Å². The predicted molar refractivity (Wildman–Crippen MR) is 110 cm³/mol. The van der Waals surface area contributed by atoms with Crippen LogP contribution in [-0.4, -0.2) is 61.7 Å². The Morgan fingerprint density at radius 3 is 2.68 bits per heavy atom. The van der Waals surface area contributed by atoms with Crippen LogP contribution in [0.5, 0.6) is 0 Å². The Morgan fingerprint density at radius 1 is 1.21 bits per heavy atom. The lowest BCUT2D eigenvalue weighted by Gasteiger charge is -2.35. The molecule has 0 unspecified atom stereocenters. The van der Waals surface area contributed by atoms with Crippen molar-refractivity contribution in [2.24, 2.45) is 0 Å². The zero-order chi connectivity index (χ0) is 19.7. The molecular formula is C21H25ClN4O2. The number of hydrogen-bond acceptors (Lipinski definition) is 5. The summed E-state index contributed by atoms with van der Waals surface area (Å²) in [6, 6.07) is 12.0. The lowest BCUT2D eigenvalue weighted by atomic mass is 10.1. The Balaban J connectivity index is 1.35. The molecule has 2 aromatic rings. The number of rotatable bonds is 4. The van der Waals surface area contributed by atoms with Crippen LogP contribution in [0.1, 0.15) is 28.4 Å². The summed E-state index contributed by atoms with van der Waals surface area (Å²) >= 11 is 5.98. The number of aromatic nitrogens is 1. The van der Waals surface area contributed by atoms with Gasteiger partial charge in [0.1, 0.15) is 5.82 Å². The van der Waals surface area contributed by atoms with Crippen LogP contribution >= 0.6 is 11.6 Å². The van der Waals surface area contributed by atoms with E-state index in [2.05, 4.69) is 15.2 Å². The van der Waals surface area contributed by atoms with Crippen LogP contribution in [0, 0.1) is 0 Å². The molecule has 1 aromatic carbocycles. The number of morpholine rings is 1. The molecule has 0 saturated carbocycles. The van der Waals surface area contributed by atoms with Crippen LogP contribution in [0.15, 0.2) is 42.6 Å². The van der Waals surface area contributed by atoms with E-state index in [4.69, 9.17) is 16.3 Å². The second kappa shape index (κ2) is 8.07. The van der Waals surface area contributed by atoms with E-state index in [1.165, 1.54) is 0 Å². The van der Waals surface area contributed by atoms with Crippen molar-refractivity contribution in [3.05, 3.63) is 58.7 Å². The molecule has 0 bridgehead atoms. The van der Waals surface area contributed by atoms with Crippen LogP contribution in [0.4, 0.5) is 5.82 Å². The minimum Gasteiger partial charge on any atom is -0.371 e. The fourth-order valence-electron chi connectivity index (χ4n) is 3.91. The van der Waals surface area contributed by atoms with Crippen molar-refractivity contribution in [3.8, 4) is 0 Å². The van der Waals surface area contributed by atoms with Crippen molar-refractivity contribution in [2.75, 3.05) is 38.7 Å². The van der Waals surface area contributed by atoms with Gasteiger partial charge >= 0.3 is 0 Å². The molecule has 0 spiro atoms. The van der Waals surface area contributed by atoms with Gasteiger partial charge in [-0.2, -0.15) is 0 Å². The normalized spacial score (nSPS) is 24.6. The molecule has 0 aliphatic carbocycles. The Bertz CT molecular complexity index is 825. The summed E-state index contributed by atoms with van der Waals surface area (Å²) in [5.74, 6) is 0.762. The lowest BCUT2D eigenvalue weighted by molar-refractivity contribution is -0.0502. The van der Waals surface area contributed by atoms with E-state index in [1.807, 2.05) is 55.4 Å². The van der Waals surface area contributed by atoms with Gasteiger partial charge in [-0.1, -0.05) is 23.7 Å². The number of hydrogen-bond donors (Lipinski definition) is 1. The monoisotopic (exact) mass is 400 g/mol. The Morgan fingerprint density at radius 2 is 2.00 bits per heavy atom. The molecule has 28 heavy (non-hydrogen) atoms. The van der Waals surface area contributed by atoms with E-state index >= 15 is 0 Å². The van der Waals surface area contributed by atoms with Gasteiger partial charge in [0, 0.05) is 50.5 Å². The molecular weight excluding hydrogens is 376 g/mol. The summed E-state index contributed by atoms with van der Waals surface area (Å²) in [6.45, 7) is 2.35. The van der Waals surface area contributed by atoms with Crippen molar-refractivity contribution >= 4 is 23.3 Å². The van der Waals surface area contributed by atoms with Crippen molar-refractivity contribution in [2.45, 2.75) is 24.6 Å². The van der Waals surface area contributed by atoms with Gasteiger partial charge in [0.2, 0.25) is 0 Å². The maximum absolute atomic E-state index is 12.6. The van der Waals surface area contributed by atoms with Crippen LogP contribution in [0.3, 0.4) is 0 Å². The fourth-order valence-corrected chi connectivity index (χ4v) is 4.04. The quantitative estimate of drug-likeness (QED) is 0.855. The fraction of sp³-hybridized carbons (Fsp3) is 0.429. The minimum absolute atomic E-state index is 0.0470. The number of amides is 1. The molecule has 4 rings (SSSR count). The topological polar surface area (TPSA) is 57.7 Å². The van der Waals surface area contributed by atoms with Gasteiger partial charge in [-0.15, -0.1) is 0 Å². The first kappa shape index (κ1) is 19.2. The predicted octanol–water partition coefficient (Wildman–Crippen LogP) is 2.75. The number of halogens is 1. The third-order valence-electron chi connectivity index (χ3n) is 5.46. The standard InChI is InChI=1S/C21H25ClN4O2/c1-25(2)20-8-5-15(10-23-20)21(27)24-17-9-18-13-28-19(12-26(18)11-17)14-3-6-16(22)7-4-14/h3-8,10,17-19H,9,11-13H2,1-2H3,(H,24,27)/t17-,18+,19-/m1/s1. The molecule has 148 valence electrons. The summed E-state index contributed by atoms with van der Waals surface area (Å²) in [6.07, 6.45) is 2.58. The number of benzene rings is 1. The molecule has 6 nitrogen and oxygen atoms in total. The number of carbonyl (C=O) groups excluding carboxylic acids is 1. The largest absolute Gasteiger partial charge is 0.371 e. The smallest absolute Gasteiger partial charge is 0.253 e. The Kier molecular flexibility index (Phi) is 5.53. The number of anilines is 1. The van der Waals surface area contributed by atoms with Crippen LogP contribution < -0.4 is 10.2 Å². The number of ether oxygens (including phenoxy) is 1. The summed E-state index contributed by atoms with van der Waals surface area (Å²) in [5, 5.41) is 3.89. The van der Waals surface area contributed by atoms with Gasteiger partial charge < -0.3 is 15.0 Å². The average molecular weight is 401 g/mol. The first-order valence-electron chi connectivity index (χ1n) is 9.55. The zero-order valence-electron chi connectivity index (χ0n) is 16.1. The molecule has 2 aliphatic rings. The third kappa shape index (κ3) is 4.14. The van der Waals surface area contributed by atoms with Gasteiger partial charge in [0.25, 0.3) is 5.91 Å². The van der Waals surface area contributed by atoms with E-state index < -0.39 is 0 Å². The Hall–Kier alpha value is -2.15. The van der Waals surface area contributed by atoms with Crippen LogP contribution in [0.2, 0.25) is 5.02 Å². The number of carbonyl (C=O) groups is 1. The summed E-state index contributed by atoms with van der Waals surface area (Å²) < 4.78 is 6.08. The third-order valence-corrected chi connectivity index (χ3v) is 5.72. The molecule has 3 heterocycles. The molecule has 7 heteroatoms. The van der Waals surface area contributed by atoms with Gasteiger partial charge in [-0.25, -0.2) is 4.98 Å². The van der Waals surface area contributed by atoms with E-state index in [9.17, 15) is 4.79 Å². The number of pyridine rings is 1. The van der Waals surface area contributed by atoms with Crippen molar-refractivity contribution in [3.63, 3.8) is 0 Å². The molecule has 1 aromatic heterocycles.